The monoisotopic (exact) mass is 280 g/mol. The molecule has 3 atom stereocenters. The number of methoxy groups -OCH3 is 1. The summed E-state index contributed by atoms with van der Waals surface area (Å²) in [6.07, 6.45) is 6.91. The highest BCUT2D eigenvalue weighted by atomic mass is 32.1. The van der Waals surface area contributed by atoms with Gasteiger partial charge in [-0.15, -0.1) is 11.3 Å². The number of rotatable bonds is 7. The highest BCUT2D eigenvalue weighted by Crippen LogP contribution is 2.56. The summed E-state index contributed by atoms with van der Waals surface area (Å²) in [4.78, 5) is 4.52. The highest BCUT2D eigenvalue weighted by molar-refractivity contribution is 7.07. The van der Waals surface area contributed by atoms with E-state index >= 15 is 0 Å². The topological polar surface area (TPSA) is 34.1 Å². The van der Waals surface area contributed by atoms with E-state index in [0.29, 0.717) is 5.41 Å². The van der Waals surface area contributed by atoms with Crippen molar-refractivity contribution in [3.63, 3.8) is 0 Å². The Morgan fingerprint density at radius 2 is 2.47 bits per heavy atom. The zero-order valence-electron chi connectivity index (χ0n) is 11.7. The van der Waals surface area contributed by atoms with Crippen molar-refractivity contribution < 1.29 is 4.74 Å². The first-order chi connectivity index (χ1) is 9.32. The molecule has 1 heterocycles. The lowest BCUT2D eigenvalue weighted by molar-refractivity contribution is 0.144. The summed E-state index contributed by atoms with van der Waals surface area (Å²) in [6.45, 7) is 2.91. The van der Waals surface area contributed by atoms with Gasteiger partial charge in [0, 0.05) is 25.6 Å². The Morgan fingerprint density at radius 3 is 3.11 bits per heavy atom. The third-order valence-electron chi connectivity index (χ3n) is 5.08. The molecule has 0 amide bonds. The van der Waals surface area contributed by atoms with Crippen molar-refractivity contribution >= 4 is 11.3 Å². The average molecular weight is 280 g/mol. The first kappa shape index (κ1) is 13.5. The predicted molar refractivity (Wildman–Crippen MR) is 78.4 cm³/mol. The predicted octanol–water partition coefficient (Wildman–Crippen LogP) is 2.73. The molecular formula is C15H24N2OS. The molecule has 2 saturated carbocycles. The van der Waals surface area contributed by atoms with Crippen molar-refractivity contribution in [2.75, 3.05) is 26.8 Å². The van der Waals surface area contributed by atoms with Crippen LogP contribution in [0.25, 0.3) is 0 Å². The number of nitrogens with one attached hydrogen (secondary N) is 1. The van der Waals surface area contributed by atoms with Crippen molar-refractivity contribution in [1.29, 1.82) is 0 Å². The van der Waals surface area contributed by atoms with Crippen LogP contribution in [0.5, 0.6) is 0 Å². The Labute approximate surface area is 119 Å². The number of thiazole rings is 1. The molecule has 4 heteroatoms. The van der Waals surface area contributed by atoms with Crippen LogP contribution in [0.15, 0.2) is 10.9 Å². The number of hydrogen-bond donors (Lipinski definition) is 1. The van der Waals surface area contributed by atoms with Gasteiger partial charge in [0.2, 0.25) is 0 Å². The molecule has 19 heavy (non-hydrogen) atoms. The molecular weight excluding hydrogens is 256 g/mol. The Kier molecular flexibility index (Phi) is 4.20. The van der Waals surface area contributed by atoms with Crippen molar-refractivity contribution in [2.45, 2.75) is 32.1 Å². The third kappa shape index (κ3) is 2.86. The smallest absolute Gasteiger partial charge is 0.0794 e. The lowest BCUT2D eigenvalue weighted by Crippen LogP contribution is -2.41. The summed E-state index contributed by atoms with van der Waals surface area (Å²) in [7, 11) is 1.77. The molecule has 1 aromatic rings. The maximum Gasteiger partial charge on any atom is 0.0794 e. The normalized spacial score (nSPS) is 33.1. The molecule has 1 aromatic heterocycles. The lowest BCUT2D eigenvalue weighted by Gasteiger charge is -2.38. The fraction of sp³-hybridized carbons (Fsp3) is 0.800. The van der Waals surface area contributed by atoms with E-state index in [4.69, 9.17) is 4.74 Å². The minimum absolute atomic E-state index is 0.463. The maximum atomic E-state index is 5.13. The first-order valence-electron chi connectivity index (χ1n) is 7.39. The molecule has 0 spiro atoms. The Bertz CT molecular complexity index is 395. The van der Waals surface area contributed by atoms with Gasteiger partial charge >= 0.3 is 0 Å². The van der Waals surface area contributed by atoms with Crippen LogP contribution in [0.2, 0.25) is 0 Å². The van der Waals surface area contributed by atoms with E-state index in [1.54, 1.807) is 18.4 Å². The van der Waals surface area contributed by atoms with Gasteiger partial charge in [-0.2, -0.15) is 0 Å². The minimum atomic E-state index is 0.463. The van der Waals surface area contributed by atoms with E-state index in [0.717, 1.165) is 38.0 Å². The Hall–Kier alpha value is -0.450. The molecule has 0 aromatic carbocycles. The van der Waals surface area contributed by atoms with Gasteiger partial charge in [-0.05, 0) is 42.9 Å². The highest BCUT2D eigenvalue weighted by Gasteiger charge is 2.50. The summed E-state index contributed by atoms with van der Waals surface area (Å²) in [5, 5.41) is 5.84. The molecule has 2 fully saturated rings. The molecule has 3 unspecified atom stereocenters. The minimum Gasteiger partial charge on any atom is -0.383 e. The number of ether oxygens (including phenoxy) is 1. The fourth-order valence-electron chi connectivity index (χ4n) is 4.25. The molecule has 0 aliphatic heterocycles. The number of hydrogen-bond acceptors (Lipinski definition) is 4. The zero-order valence-corrected chi connectivity index (χ0v) is 12.5. The van der Waals surface area contributed by atoms with Crippen LogP contribution in [0, 0.1) is 17.3 Å². The summed E-state index contributed by atoms with van der Waals surface area (Å²) >= 11 is 1.72. The van der Waals surface area contributed by atoms with Gasteiger partial charge in [0.25, 0.3) is 0 Å². The van der Waals surface area contributed by atoms with Gasteiger partial charge in [0.15, 0.2) is 0 Å². The zero-order chi connectivity index (χ0) is 13.1. The second-order valence-corrected chi connectivity index (χ2v) is 6.99. The summed E-state index contributed by atoms with van der Waals surface area (Å²) in [6, 6.07) is 0. The standard InChI is InChI=1S/C15H24N2OS/c1-18-5-4-16-10-15(8-14-9-19-11-17-14)7-12-2-3-13(15)6-12/h9,11-13,16H,2-8,10H2,1H3. The summed E-state index contributed by atoms with van der Waals surface area (Å²) in [5.74, 6) is 1.89. The van der Waals surface area contributed by atoms with Gasteiger partial charge in [-0.3, -0.25) is 0 Å². The molecule has 2 aliphatic carbocycles. The van der Waals surface area contributed by atoms with Crippen molar-refractivity contribution in [3.05, 3.63) is 16.6 Å². The second-order valence-electron chi connectivity index (χ2n) is 6.27. The molecule has 2 aliphatic rings. The number of aromatic nitrogens is 1. The van der Waals surface area contributed by atoms with Crippen LogP contribution in [0.4, 0.5) is 0 Å². The average Bonchev–Trinajstić information content (AvgIpc) is 3.11. The molecule has 0 saturated heterocycles. The van der Waals surface area contributed by atoms with E-state index in [9.17, 15) is 0 Å². The van der Waals surface area contributed by atoms with Crippen LogP contribution in [-0.2, 0) is 11.2 Å². The van der Waals surface area contributed by atoms with E-state index in [1.165, 1.54) is 31.4 Å². The van der Waals surface area contributed by atoms with Crippen LogP contribution < -0.4 is 5.32 Å². The fourth-order valence-corrected chi connectivity index (χ4v) is 4.81. The number of nitrogens with zero attached hydrogens (tertiary/aromatic N) is 1. The van der Waals surface area contributed by atoms with E-state index < -0.39 is 0 Å². The van der Waals surface area contributed by atoms with Crippen LogP contribution in [0.3, 0.4) is 0 Å². The van der Waals surface area contributed by atoms with Gasteiger partial charge in [0.05, 0.1) is 17.8 Å². The third-order valence-corrected chi connectivity index (χ3v) is 5.71. The SMILES string of the molecule is COCCNCC1(Cc2cscn2)CC2CCC1C2. The van der Waals surface area contributed by atoms with Crippen molar-refractivity contribution in [1.82, 2.24) is 10.3 Å². The van der Waals surface area contributed by atoms with Crippen LogP contribution >= 0.6 is 11.3 Å². The van der Waals surface area contributed by atoms with E-state index in [-0.39, 0.29) is 0 Å². The quantitative estimate of drug-likeness (QED) is 0.780. The largest absolute Gasteiger partial charge is 0.383 e. The van der Waals surface area contributed by atoms with Crippen molar-refractivity contribution in [3.8, 4) is 0 Å². The Morgan fingerprint density at radius 1 is 1.53 bits per heavy atom. The van der Waals surface area contributed by atoms with Crippen LogP contribution in [0.1, 0.15) is 31.4 Å². The molecule has 0 radical (unpaired) electrons. The molecule has 106 valence electrons. The second kappa shape index (κ2) is 5.90. The van der Waals surface area contributed by atoms with Gasteiger partial charge < -0.3 is 10.1 Å². The molecule has 3 rings (SSSR count). The van der Waals surface area contributed by atoms with Gasteiger partial charge in [0.1, 0.15) is 0 Å². The summed E-state index contributed by atoms with van der Waals surface area (Å²) < 4.78 is 5.13. The van der Waals surface area contributed by atoms with Crippen LogP contribution in [-0.4, -0.2) is 31.8 Å². The number of fused-ring (bicyclic) bond motifs is 2. The summed E-state index contributed by atoms with van der Waals surface area (Å²) in [5.41, 5.74) is 3.73. The first-order valence-corrected chi connectivity index (χ1v) is 8.33. The Balaban J connectivity index is 1.65. The molecule has 1 N–H and O–H groups in total. The molecule has 3 nitrogen and oxygen atoms in total. The van der Waals surface area contributed by atoms with Gasteiger partial charge in [-0.25, -0.2) is 4.98 Å². The van der Waals surface area contributed by atoms with E-state index in [1.807, 2.05) is 5.51 Å². The van der Waals surface area contributed by atoms with E-state index in [2.05, 4.69) is 15.7 Å². The van der Waals surface area contributed by atoms with Gasteiger partial charge in [-0.1, -0.05) is 6.42 Å². The maximum absolute atomic E-state index is 5.13. The molecule has 2 bridgehead atoms. The van der Waals surface area contributed by atoms with Crippen molar-refractivity contribution in [2.24, 2.45) is 17.3 Å². The lowest BCUT2D eigenvalue weighted by atomic mass is 9.70.